The van der Waals surface area contributed by atoms with E-state index in [0.29, 0.717) is 22.6 Å². The molecular weight excluding hydrogens is 168 g/mol. The zero-order valence-electron chi connectivity index (χ0n) is 6.91. The second-order valence-electron chi connectivity index (χ2n) is 2.67. The molecule has 0 bridgehead atoms. The normalized spacial score (nSPS) is 12.6. The Bertz CT molecular complexity index is 376. The average molecular weight is 176 g/mol. The number of rotatable bonds is 1. The van der Waals surface area contributed by atoms with Crippen molar-refractivity contribution in [2.24, 2.45) is 0 Å². The topological polar surface area (TPSA) is 38.7 Å². The number of aliphatic hydroxyl groups is 1. The van der Waals surface area contributed by atoms with Crippen LogP contribution in [0.1, 0.15) is 11.1 Å². The highest BCUT2D eigenvalue weighted by Gasteiger charge is 2.15. The van der Waals surface area contributed by atoms with Gasteiger partial charge in [0, 0.05) is 11.6 Å². The molecule has 0 amide bonds. The van der Waals surface area contributed by atoms with Gasteiger partial charge in [0.15, 0.2) is 11.5 Å². The monoisotopic (exact) mass is 176 g/mol. The Kier molecular flexibility index (Phi) is 1.84. The molecule has 0 unspecified atom stereocenters. The lowest BCUT2D eigenvalue weighted by Crippen LogP contribution is -1.92. The SMILES string of the molecule is C#Cc1cc2c(cc1CO)OCO2. The van der Waals surface area contributed by atoms with Crippen LogP contribution in [0.15, 0.2) is 12.1 Å². The summed E-state index contributed by atoms with van der Waals surface area (Å²) in [7, 11) is 0. The van der Waals surface area contributed by atoms with Crippen LogP contribution >= 0.6 is 0 Å². The Morgan fingerprint density at radius 2 is 2.08 bits per heavy atom. The van der Waals surface area contributed by atoms with Gasteiger partial charge in [-0.25, -0.2) is 0 Å². The third kappa shape index (κ3) is 1.21. The van der Waals surface area contributed by atoms with Gasteiger partial charge in [0.25, 0.3) is 0 Å². The first-order valence-corrected chi connectivity index (χ1v) is 3.85. The summed E-state index contributed by atoms with van der Waals surface area (Å²) in [4.78, 5) is 0. The lowest BCUT2D eigenvalue weighted by Gasteiger charge is -2.02. The third-order valence-corrected chi connectivity index (χ3v) is 1.92. The Hall–Kier alpha value is -1.66. The minimum absolute atomic E-state index is 0.0871. The lowest BCUT2D eigenvalue weighted by atomic mass is 10.1. The molecule has 0 fully saturated rings. The first-order chi connectivity index (χ1) is 6.35. The van der Waals surface area contributed by atoms with Crippen LogP contribution in [0.2, 0.25) is 0 Å². The van der Waals surface area contributed by atoms with Crippen molar-refractivity contribution in [1.82, 2.24) is 0 Å². The van der Waals surface area contributed by atoms with E-state index in [2.05, 4.69) is 5.92 Å². The van der Waals surface area contributed by atoms with E-state index < -0.39 is 0 Å². The van der Waals surface area contributed by atoms with Crippen molar-refractivity contribution in [2.45, 2.75) is 6.61 Å². The van der Waals surface area contributed by atoms with E-state index in [4.69, 9.17) is 21.0 Å². The highest BCUT2D eigenvalue weighted by Crippen LogP contribution is 2.34. The number of terminal acetylenes is 1. The smallest absolute Gasteiger partial charge is 0.231 e. The number of fused-ring (bicyclic) bond motifs is 1. The largest absolute Gasteiger partial charge is 0.454 e. The predicted molar refractivity (Wildman–Crippen MR) is 46.4 cm³/mol. The number of hydrogen-bond acceptors (Lipinski definition) is 3. The summed E-state index contributed by atoms with van der Waals surface area (Å²) in [6.07, 6.45) is 5.26. The minimum atomic E-state index is -0.0871. The first kappa shape index (κ1) is 7.96. The molecular formula is C10H8O3. The van der Waals surface area contributed by atoms with Crippen LogP contribution in [0.5, 0.6) is 11.5 Å². The van der Waals surface area contributed by atoms with Gasteiger partial charge in [-0.2, -0.15) is 0 Å². The summed E-state index contributed by atoms with van der Waals surface area (Å²) in [5.74, 6) is 3.77. The molecule has 0 atom stereocenters. The fraction of sp³-hybridized carbons (Fsp3) is 0.200. The summed E-state index contributed by atoms with van der Waals surface area (Å²) in [6.45, 7) is 0.129. The summed E-state index contributed by atoms with van der Waals surface area (Å²) >= 11 is 0. The van der Waals surface area contributed by atoms with Gasteiger partial charge in [-0.15, -0.1) is 6.42 Å². The van der Waals surface area contributed by atoms with Gasteiger partial charge in [-0.1, -0.05) is 5.92 Å². The minimum Gasteiger partial charge on any atom is -0.454 e. The van der Waals surface area contributed by atoms with Gasteiger partial charge < -0.3 is 14.6 Å². The number of aliphatic hydroxyl groups excluding tert-OH is 1. The van der Waals surface area contributed by atoms with Gasteiger partial charge in [0.2, 0.25) is 6.79 Å². The van der Waals surface area contributed by atoms with Crippen LogP contribution in [-0.2, 0) is 6.61 Å². The van der Waals surface area contributed by atoms with Crippen molar-refractivity contribution in [3.05, 3.63) is 23.3 Å². The van der Waals surface area contributed by atoms with E-state index >= 15 is 0 Å². The highest BCUT2D eigenvalue weighted by atomic mass is 16.7. The fourth-order valence-electron chi connectivity index (χ4n) is 1.25. The van der Waals surface area contributed by atoms with E-state index in [0.717, 1.165) is 0 Å². The van der Waals surface area contributed by atoms with Crippen LogP contribution in [0, 0.1) is 12.3 Å². The Morgan fingerprint density at radius 1 is 1.38 bits per heavy atom. The molecule has 1 aliphatic heterocycles. The molecule has 0 aliphatic carbocycles. The fourth-order valence-corrected chi connectivity index (χ4v) is 1.25. The number of hydrogen-bond donors (Lipinski definition) is 1. The second kappa shape index (κ2) is 3.00. The standard InChI is InChI=1S/C10H8O3/c1-2-7-3-9-10(13-6-12-9)4-8(7)5-11/h1,3-4,11H,5-6H2. The zero-order valence-corrected chi connectivity index (χ0v) is 6.91. The summed E-state index contributed by atoms with van der Waals surface area (Å²) in [6, 6.07) is 3.41. The van der Waals surface area contributed by atoms with Gasteiger partial charge in [-0.3, -0.25) is 0 Å². The first-order valence-electron chi connectivity index (χ1n) is 3.85. The molecule has 0 saturated heterocycles. The molecule has 1 heterocycles. The van der Waals surface area contributed by atoms with Crippen LogP contribution in [-0.4, -0.2) is 11.9 Å². The van der Waals surface area contributed by atoms with Crippen molar-refractivity contribution < 1.29 is 14.6 Å². The Labute approximate surface area is 75.9 Å². The van der Waals surface area contributed by atoms with E-state index in [1.807, 2.05) is 0 Å². The van der Waals surface area contributed by atoms with E-state index in [1.54, 1.807) is 12.1 Å². The maximum absolute atomic E-state index is 8.99. The number of benzene rings is 1. The van der Waals surface area contributed by atoms with E-state index in [9.17, 15) is 0 Å². The van der Waals surface area contributed by atoms with Crippen molar-refractivity contribution in [2.75, 3.05) is 6.79 Å². The maximum Gasteiger partial charge on any atom is 0.231 e. The molecule has 1 aromatic rings. The molecule has 13 heavy (non-hydrogen) atoms. The maximum atomic E-state index is 8.99. The Balaban J connectivity index is 2.55. The van der Waals surface area contributed by atoms with Crippen molar-refractivity contribution >= 4 is 0 Å². The molecule has 1 N–H and O–H groups in total. The Morgan fingerprint density at radius 3 is 2.69 bits per heavy atom. The lowest BCUT2D eigenvalue weighted by molar-refractivity contribution is 0.174. The van der Waals surface area contributed by atoms with Crippen LogP contribution in [0.3, 0.4) is 0 Å². The van der Waals surface area contributed by atoms with Crippen LogP contribution < -0.4 is 9.47 Å². The molecule has 0 saturated carbocycles. The molecule has 1 aromatic carbocycles. The quantitative estimate of drug-likeness (QED) is 0.646. The van der Waals surface area contributed by atoms with E-state index in [1.165, 1.54) is 0 Å². The summed E-state index contributed by atoms with van der Waals surface area (Å²) in [5, 5.41) is 8.99. The summed E-state index contributed by atoms with van der Waals surface area (Å²) < 4.78 is 10.3. The van der Waals surface area contributed by atoms with Crippen LogP contribution in [0.4, 0.5) is 0 Å². The van der Waals surface area contributed by atoms with Crippen molar-refractivity contribution in [3.63, 3.8) is 0 Å². The highest BCUT2D eigenvalue weighted by molar-refractivity contribution is 5.53. The average Bonchev–Trinajstić information content (AvgIpc) is 2.62. The molecule has 0 spiro atoms. The zero-order chi connectivity index (χ0) is 9.26. The summed E-state index contributed by atoms with van der Waals surface area (Å²) in [5.41, 5.74) is 1.33. The number of ether oxygens (including phenoxy) is 2. The molecule has 66 valence electrons. The molecule has 0 aromatic heterocycles. The van der Waals surface area contributed by atoms with Gasteiger partial charge in [0.05, 0.1) is 6.61 Å². The molecule has 2 rings (SSSR count). The second-order valence-corrected chi connectivity index (χ2v) is 2.67. The van der Waals surface area contributed by atoms with Gasteiger partial charge in [0.1, 0.15) is 0 Å². The molecule has 1 aliphatic rings. The predicted octanol–water partition coefficient (Wildman–Crippen LogP) is 0.889. The molecule has 0 radical (unpaired) electrons. The van der Waals surface area contributed by atoms with E-state index in [-0.39, 0.29) is 13.4 Å². The van der Waals surface area contributed by atoms with Crippen molar-refractivity contribution in [3.8, 4) is 23.8 Å². The van der Waals surface area contributed by atoms with Crippen LogP contribution in [0.25, 0.3) is 0 Å². The van der Waals surface area contributed by atoms with Crippen molar-refractivity contribution in [1.29, 1.82) is 0 Å². The molecule has 3 nitrogen and oxygen atoms in total. The molecule has 3 heteroatoms. The third-order valence-electron chi connectivity index (χ3n) is 1.92. The van der Waals surface area contributed by atoms with Gasteiger partial charge in [-0.05, 0) is 11.6 Å². The van der Waals surface area contributed by atoms with Gasteiger partial charge >= 0.3 is 0 Å².